The minimum absolute atomic E-state index is 0.0885. The van der Waals surface area contributed by atoms with Gasteiger partial charge in [-0.15, -0.1) is 0 Å². The van der Waals surface area contributed by atoms with Crippen molar-refractivity contribution in [1.29, 1.82) is 0 Å². The summed E-state index contributed by atoms with van der Waals surface area (Å²) in [5, 5.41) is 13.4. The molecule has 0 radical (unpaired) electrons. The summed E-state index contributed by atoms with van der Waals surface area (Å²) in [5.74, 6) is -0.0110. The minimum Gasteiger partial charge on any atom is -0.337 e. The van der Waals surface area contributed by atoms with Gasteiger partial charge >= 0.3 is 0 Å². The monoisotopic (exact) mass is 388 g/mol. The van der Waals surface area contributed by atoms with E-state index in [9.17, 15) is 9.59 Å². The summed E-state index contributed by atoms with van der Waals surface area (Å²) in [6.07, 6.45) is 0. The molecule has 5 rings (SSSR count). The molecule has 9 nitrogen and oxygen atoms in total. The van der Waals surface area contributed by atoms with Gasteiger partial charge in [-0.1, -0.05) is 58.4 Å². The molecular formula is C20H16N6O3. The summed E-state index contributed by atoms with van der Waals surface area (Å²) in [6, 6.07) is 14.9. The predicted molar refractivity (Wildman–Crippen MR) is 101 cm³/mol. The van der Waals surface area contributed by atoms with Gasteiger partial charge in [-0.05, 0) is 19.1 Å². The van der Waals surface area contributed by atoms with Crippen LogP contribution in [0, 0.1) is 6.92 Å². The maximum atomic E-state index is 13.0. The third kappa shape index (κ3) is 2.87. The van der Waals surface area contributed by atoms with Crippen LogP contribution in [-0.2, 0) is 16.1 Å². The van der Waals surface area contributed by atoms with Gasteiger partial charge in [0.2, 0.25) is 11.7 Å². The lowest BCUT2D eigenvalue weighted by Gasteiger charge is -2.19. The first kappa shape index (κ1) is 17.2. The second-order valence-electron chi connectivity index (χ2n) is 6.92. The average molecular weight is 388 g/mol. The maximum absolute atomic E-state index is 13.0. The van der Waals surface area contributed by atoms with Crippen molar-refractivity contribution in [3.05, 3.63) is 66.1 Å². The molecular weight excluding hydrogens is 372 g/mol. The Morgan fingerprint density at radius 3 is 2.52 bits per heavy atom. The molecule has 2 atom stereocenters. The van der Waals surface area contributed by atoms with Gasteiger partial charge in [0, 0.05) is 5.56 Å². The molecule has 0 spiro atoms. The van der Waals surface area contributed by atoms with Gasteiger partial charge in [-0.25, -0.2) is 4.90 Å². The fourth-order valence-electron chi connectivity index (χ4n) is 3.46. The van der Waals surface area contributed by atoms with Crippen LogP contribution in [0.15, 0.2) is 69.5 Å². The summed E-state index contributed by atoms with van der Waals surface area (Å²) in [4.78, 5) is 31.3. The van der Waals surface area contributed by atoms with E-state index < -0.39 is 12.1 Å². The van der Waals surface area contributed by atoms with Crippen molar-refractivity contribution in [2.75, 3.05) is 4.90 Å². The number of rotatable bonds is 4. The SMILES string of the molecule is Cc1ccc(N2C(=O)[C@@H]3[C@@H](N=NN3Cc3nc(-c4ccccc4)no3)C2=O)cc1. The summed E-state index contributed by atoms with van der Waals surface area (Å²) >= 11 is 0. The van der Waals surface area contributed by atoms with E-state index in [1.807, 2.05) is 49.4 Å². The molecule has 29 heavy (non-hydrogen) atoms. The number of amides is 2. The number of nitrogens with zero attached hydrogens (tertiary/aromatic N) is 6. The highest BCUT2D eigenvalue weighted by atomic mass is 16.5. The van der Waals surface area contributed by atoms with E-state index in [-0.39, 0.29) is 24.2 Å². The molecule has 0 bridgehead atoms. The molecule has 2 amide bonds. The van der Waals surface area contributed by atoms with Crippen molar-refractivity contribution < 1.29 is 14.1 Å². The number of imide groups is 1. The molecule has 144 valence electrons. The molecule has 2 aliphatic rings. The van der Waals surface area contributed by atoms with Crippen molar-refractivity contribution in [1.82, 2.24) is 15.1 Å². The van der Waals surface area contributed by atoms with Crippen molar-refractivity contribution in [3.63, 3.8) is 0 Å². The van der Waals surface area contributed by atoms with Crippen LogP contribution >= 0.6 is 0 Å². The van der Waals surface area contributed by atoms with Crippen LogP contribution < -0.4 is 4.90 Å². The first-order chi connectivity index (χ1) is 14.1. The zero-order valence-corrected chi connectivity index (χ0v) is 15.5. The van der Waals surface area contributed by atoms with Gasteiger partial charge < -0.3 is 4.52 Å². The largest absolute Gasteiger partial charge is 0.337 e. The number of carbonyl (C=O) groups is 2. The Morgan fingerprint density at radius 2 is 1.76 bits per heavy atom. The Hall–Kier alpha value is -3.88. The number of benzene rings is 2. The number of aromatic nitrogens is 2. The quantitative estimate of drug-likeness (QED) is 0.636. The van der Waals surface area contributed by atoms with Crippen LogP contribution in [-0.4, -0.2) is 39.0 Å². The number of fused-ring (bicyclic) bond motifs is 1. The van der Waals surface area contributed by atoms with E-state index in [0.29, 0.717) is 11.5 Å². The molecule has 9 heteroatoms. The fraction of sp³-hybridized carbons (Fsp3) is 0.200. The third-order valence-electron chi connectivity index (χ3n) is 4.95. The summed E-state index contributed by atoms with van der Waals surface area (Å²) in [7, 11) is 0. The Balaban J connectivity index is 1.37. The predicted octanol–water partition coefficient (Wildman–Crippen LogP) is 2.54. The van der Waals surface area contributed by atoms with Gasteiger partial charge in [-0.2, -0.15) is 10.1 Å². The first-order valence-corrected chi connectivity index (χ1v) is 9.12. The molecule has 1 aromatic heterocycles. The normalized spacial score (nSPS) is 20.6. The van der Waals surface area contributed by atoms with Crippen molar-refractivity contribution in [3.8, 4) is 11.4 Å². The Morgan fingerprint density at radius 1 is 1.00 bits per heavy atom. The van der Waals surface area contributed by atoms with Gasteiger partial charge in [0.15, 0.2) is 12.1 Å². The fourth-order valence-corrected chi connectivity index (χ4v) is 3.46. The third-order valence-corrected chi connectivity index (χ3v) is 4.95. The molecule has 3 aromatic rings. The van der Waals surface area contributed by atoms with Gasteiger partial charge in [0.1, 0.15) is 6.54 Å². The van der Waals surface area contributed by atoms with Gasteiger partial charge in [0.05, 0.1) is 5.69 Å². The maximum Gasteiger partial charge on any atom is 0.263 e. The lowest BCUT2D eigenvalue weighted by atomic mass is 10.1. The number of carbonyl (C=O) groups excluding carboxylic acids is 2. The molecule has 0 N–H and O–H groups in total. The van der Waals surface area contributed by atoms with E-state index in [1.165, 1.54) is 9.91 Å². The molecule has 0 aliphatic carbocycles. The van der Waals surface area contributed by atoms with E-state index in [2.05, 4.69) is 20.5 Å². The van der Waals surface area contributed by atoms with Crippen LogP contribution in [0.3, 0.4) is 0 Å². The molecule has 1 saturated heterocycles. The van der Waals surface area contributed by atoms with Crippen LogP contribution in [0.1, 0.15) is 11.5 Å². The Labute approximate surface area is 165 Å². The molecule has 2 aromatic carbocycles. The molecule has 3 heterocycles. The van der Waals surface area contributed by atoms with Crippen molar-refractivity contribution in [2.45, 2.75) is 25.6 Å². The highest BCUT2D eigenvalue weighted by Gasteiger charge is 2.55. The summed E-state index contributed by atoms with van der Waals surface area (Å²) in [6.45, 7) is 2.03. The van der Waals surface area contributed by atoms with Gasteiger partial charge in [0.25, 0.3) is 11.8 Å². The van der Waals surface area contributed by atoms with Crippen LogP contribution in [0.2, 0.25) is 0 Å². The van der Waals surface area contributed by atoms with Crippen LogP contribution in [0.25, 0.3) is 11.4 Å². The smallest absolute Gasteiger partial charge is 0.263 e. The minimum atomic E-state index is -0.861. The topological polar surface area (TPSA) is 104 Å². The number of hydrogen-bond donors (Lipinski definition) is 0. The molecule has 1 fully saturated rings. The number of anilines is 1. The summed E-state index contributed by atoms with van der Waals surface area (Å²) in [5.41, 5.74) is 2.39. The molecule has 0 saturated carbocycles. The lowest BCUT2D eigenvalue weighted by molar-refractivity contribution is -0.123. The highest BCUT2D eigenvalue weighted by Crippen LogP contribution is 2.32. The van der Waals surface area contributed by atoms with E-state index in [4.69, 9.17) is 4.52 Å². The zero-order chi connectivity index (χ0) is 20.0. The molecule has 0 unspecified atom stereocenters. The number of aryl methyl sites for hydroxylation is 1. The van der Waals surface area contributed by atoms with Crippen LogP contribution in [0.4, 0.5) is 5.69 Å². The zero-order valence-electron chi connectivity index (χ0n) is 15.5. The Kier molecular flexibility index (Phi) is 3.94. The standard InChI is InChI=1S/C20H16N6O3/c1-12-7-9-14(10-8-12)26-19(27)16-17(20(26)28)25(24-22-16)11-15-21-18(23-29-15)13-5-3-2-4-6-13/h2-10,16-17H,11H2,1H3/t16-,17+/m1/s1. The Bertz CT molecular complexity index is 1110. The van der Waals surface area contributed by atoms with E-state index in [1.54, 1.807) is 12.1 Å². The van der Waals surface area contributed by atoms with E-state index in [0.717, 1.165) is 11.1 Å². The van der Waals surface area contributed by atoms with E-state index >= 15 is 0 Å². The average Bonchev–Trinajstić information content (AvgIpc) is 3.43. The van der Waals surface area contributed by atoms with Crippen molar-refractivity contribution in [2.24, 2.45) is 10.3 Å². The second kappa shape index (κ2) is 6.62. The number of hydrogen-bond acceptors (Lipinski definition) is 8. The highest BCUT2D eigenvalue weighted by molar-refractivity contribution is 6.25. The lowest BCUT2D eigenvalue weighted by Crippen LogP contribution is -2.39. The molecule has 2 aliphatic heterocycles. The first-order valence-electron chi connectivity index (χ1n) is 9.12. The van der Waals surface area contributed by atoms with Gasteiger partial charge in [-0.3, -0.25) is 14.6 Å². The van der Waals surface area contributed by atoms with Crippen LogP contribution in [0.5, 0.6) is 0 Å². The second-order valence-corrected chi connectivity index (χ2v) is 6.92. The van der Waals surface area contributed by atoms with Crippen molar-refractivity contribution >= 4 is 17.5 Å². The summed E-state index contributed by atoms with van der Waals surface area (Å²) < 4.78 is 5.30.